The van der Waals surface area contributed by atoms with E-state index in [-0.39, 0.29) is 4.90 Å². The Labute approximate surface area is 93.2 Å². The van der Waals surface area contributed by atoms with Crippen molar-refractivity contribution >= 4 is 16.1 Å². The van der Waals surface area contributed by atoms with E-state index in [1.165, 1.54) is 12.1 Å². The van der Waals surface area contributed by atoms with E-state index >= 15 is 0 Å². The fourth-order valence-electron chi connectivity index (χ4n) is 0.710. The number of aryl methyl sites for hydroxylation is 1. The largest absolute Gasteiger partial charge is 0.351 e. The monoisotopic (exact) mass is 247 g/mol. The van der Waals surface area contributed by atoms with Gasteiger partial charge in [-0.1, -0.05) is 17.7 Å². The highest BCUT2D eigenvalue weighted by Gasteiger charge is 2.06. The highest BCUT2D eigenvalue weighted by Crippen LogP contribution is 2.08. The van der Waals surface area contributed by atoms with Crippen molar-refractivity contribution in [2.45, 2.75) is 11.8 Å². The minimum atomic E-state index is -4.02. The Balaban J connectivity index is 0.000000385. The minimum Gasteiger partial charge on any atom is -0.351 e. The smallest absolute Gasteiger partial charge is 0.326 e. The molecule has 0 saturated carbocycles. The van der Waals surface area contributed by atoms with Gasteiger partial charge in [0, 0.05) is 0 Å². The first kappa shape index (κ1) is 14.4. The molecule has 0 unspecified atom stereocenters. The maximum absolute atomic E-state index is 10.5. The van der Waals surface area contributed by atoms with Crippen molar-refractivity contribution in [2.24, 2.45) is 11.6 Å². The van der Waals surface area contributed by atoms with E-state index in [1.807, 2.05) is 6.92 Å². The Morgan fingerprint density at radius 1 is 1.31 bits per heavy atom. The highest BCUT2D eigenvalue weighted by molar-refractivity contribution is 7.85. The number of carbonyl (C=O) groups excluding carboxylic acids is 1. The fourth-order valence-corrected chi connectivity index (χ4v) is 1.19. The number of urea groups is 1. The Kier molecular flexibility index (Phi) is 5.43. The Morgan fingerprint density at radius 2 is 1.69 bits per heavy atom. The molecule has 1 rings (SSSR count). The van der Waals surface area contributed by atoms with Crippen LogP contribution in [0.5, 0.6) is 0 Å². The van der Waals surface area contributed by atoms with Crippen LogP contribution in [0.4, 0.5) is 4.79 Å². The number of amides is 2. The molecule has 16 heavy (non-hydrogen) atoms. The van der Waals surface area contributed by atoms with Crippen LogP contribution in [0.25, 0.3) is 0 Å². The van der Waals surface area contributed by atoms with Crippen molar-refractivity contribution in [1.82, 2.24) is 5.43 Å². The molecular weight excluding hydrogens is 234 g/mol. The third-order valence-electron chi connectivity index (χ3n) is 1.46. The molecule has 0 atom stereocenters. The van der Waals surface area contributed by atoms with Crippen LogP contribution in [-0.2, 0) is 10.1 Å². The quantitative estimate of drug-likeness (QED) is 0.235. The van der Waals surface area contributed by atoms with Crippen LogP contribution in [0.3, 0.4) is 0 Å². The van der Waals surface area contributed by atoms with Gasteiger partial charge in [-0.25, -0.2) is 10.6 Å². The van der Waals surface area contributed by atoms with Gasteiger partial charge >= 0.3 is 6.03 Å². The molecule has 1 aromatic rings. The fraction of sp³-hybridized carbons (Fsp3) is 0.125. The molecule has 0 fully saturated rings. The lowest BCUT2D eigenvalue weighted by Crippen LogP contribution is -2.34. The second kappa shape index (κ2) is 6.05. The molecule has 8 heteroatoms. The van der Waals surface area contributed by atoms with Gasteiger partial charge in [-0.2, -0.15) is 8.42 Å². The van der Waals surface area contributed by atoms with Gasteiger partial charge < -0.3 is 5.73 Å². The predicted octanol–water partition coefficient (Wildman–Crippen LogP) is -0.230. The molecule has 0 aliphatic heterocycles. The first-order valence-corrected chi connectivity index (χ1v) is 5.51. The van der Waals surface area contributed by atoms with Gasteiger partial charge in [-0.15, -0.1) is 0 Å². The van der Waals surface area contributed by atoms with Crippen LogP contribution in [-0.4, -0.2) is 19.0 Å². The van der Waals surface area contributed by atoms with E-state index in [0.29, 0.717) is 0 Å². The first-order valence-electron chi connectivity index (χ1n) is 4.07. The standard InChI is InChI=1S/C7H8O3S.CH5N3O/c1-6-2-4-7(5-3-6)11(8,9)10;2-1(5)4-3/h2-5H,1H3,(H,8,9,10);3H2,(H3,2,4,5). The van der Waals surface area contributed by atoms with Gasteiger partial charge in [-0.3, -0.25) is 9.98 Å². The number of nitrogens with one attached hydrogen (secondary N) is 1. The van der Waals surface area contributed by atoms with Crippen molar-refractivity contribution in [2.75, 3.05) is 0 Å². The van der Waals surface area contributed by atoms with Gasteiger partial charge in [0.2, 0.25) is 0 Å². The number of hydrogen-bond donors (Lipinski definition) is 4. The molecule has 0 saturated heterocycles. The maximum Gasteiger partial charge on any atom is 0.326 e. The normalized spacial score (nSPS) is 9.94. The summed E-state index contributed by atoms with van der Waals surface area (Å²) in [7, 11) is -4.02. The molecule has 7 nitrogen and oxygen atoms in total. The van der Waals surface area contributed by atoms with Gasteiger partial charge in [-0.05, 0) is 19.1 Å². The molecule has 0 aromatic heterocycles. The van der Waals surface area contributed by atoms with Crippen molar-refractivity contribution in [1.29, 1.82) is 0 Å². The maximum atomic E-state index is 10.5. The molecule has 0 aliphatic rings. The molecule has 0 heterocycles. The number of hydrogen-bond acceptors (Lipinski definition) is 4. The summed E-state index contributed by atoms with van der Waals surface area (Å²) in [6.45, 7) is 1.84. The Hall–Kier alpha value is -1.64. The van der Waals surface area contributed by atoms with Crippen LogP contribution in [0.2, 0.25) is 0 Å². The summed E-state index contributed by atoms with van der Waals surface area (Å²) < 4.78 is 29.6. The molecule has 0 spiro atoms. The number of hydrazine groups is 1. The number of nitrogens with two attached hydrogens (primary N) is 2. The zero-order valence-corrected chi connectivity index (χ0v) is 9.36. The van der Waals surface area contributed by atoms with E-state index in [2.05, 4.69) is 11.6 Å². The van der Waals surface area contributed by atoms with E-state index in [9.17, 15) is 13.2 Å². The zero-order chi connectivity index (χ0) is 12.8. The summed E-state index contributed by atoms with van der Waals surface area (Å²) in [4.78, 5) is 9.29. The first-order chi connectivity index (χ1) is 7.27. The summed E-state index contributed by atoms with van der Waals surface area (Å²) in [5, 5.41) is 0. The lowest BCUT2D eigenvalue weighted by molar-refractivity contribution is 0.249. The van der Waals surface area contributed by atoms with Crippen molar-refractivity contribution < 1.29 is 17.8 Å². The van der Waals surface area contributed by atoms with E-state index in [0.717, 1.165) is 5.56 Å². The van der Waals surface area contributed by atoms with Crippen LogP contribution >= 0.6 is 0 Å². The molecule has 1 aromatic carbocycles. The number of primary amides is 1. The van der Waals surface area contributed by atoms with Crippen molar-refractivity contribution in [3.63, 3.8) is 0 Å². The molecule has 0 radical (unpaired) electrons. The minimum absolute atomic E-state index is 0.0666. The average molecular weight is 247 g/mol. The average Bonchev–Trinajstić information content (AvgIpc) is 2.18. The summed E-state index contributed by atoms with van der Waals surface area (Å²) in [5.41, 5.74) is 7.04. The van der Waals surface area contributed by atoms with E-state index in [4.69, 9.17) is 4.55 Å². The number of carbonyl (C=O) groups is 1. The zero-order valence-electron chi connectivity index (χ0n) is 8.54. The number of benzene rings is 1. The summed E-state index contributed by atoms with van der Waals surface area (Å²) >= 11 is 0. The molecule has 0 bridgehead atoms. The van der Waals surface area contributed by atoms with E-state index < -0.39 is 16.1 Å². The molecule has 90 valence electrons. The third-order valence-corrected chi connectivity index (χ3v) is 2.33. The Morgan fingerprint density at radius 3 is 1.94 bits per heavy atom. The predicted molar refractivity (Wildman–Crippen MR) is 57.9 cm³/mol. The summed E-state index contributed by atoms with van der Waals surface area (Å²) in [6, 6.07) is 5.27. The number of rotatable bonds is 1. The second-order valence-corrected chi connectivity index (χ2v) is 4.22. The molecule has 0 aliphatic carbocycles. The SMILES string of the molecule is Cc1ccc(S(=O)(=O)O)cc1.NNC(N)=O. The van der Waals surface area contributed by atoms with Crippen LogP contribution in [0.15, 0.2) is 29.2 Å². The van der Waals surface area contributed by atoms with Crippen LogP contribution in [0.1, 0.15) is 5.56 Å². The van der Waals surface area contributed by atoms with Gasteiger partial charge in [0.05, 0.1) is 4.90 Å². The third kappa shape index (κ3) is 5.96. The van der Waals surface area contributed by atoms with Crippen molar-refractivity contribution in [3.05, 3.63) is 29.8 Å². The second-order valence-electron chi connectivity index (χ2n) is 2.80. The van der Waals surface area contributed by atoms with E-state index in [1.54, 1.807) is 17.6 Å². The van der Waals surface area contributed by atoms with Crippen molar-refractivity contribution in [3.8, 4) is 0 Å². The Bertz CT molecular complexity index is 441. The topological polar surface area (TPSA) is 136 Å². The molecular formula is C8H13N3O4S. The lowest BCUT2D eigenvalue weighted by atomic mass is 10.2. The lowest BCUT2D eigenvalue weighted by Gasteiger charge is -1.95. The van der Waals surface area contributed by atoms with Crippen LogP contribution < -0.4 is 17.0 Å². The van der Waals surface area contributed by atoms with Gasteiger partial charge in [0.1, 0.15) is 0 Å². The molecule has 2 amide bonds. The summed E-state index contributed by atoms with van der Waals surface area (Å²) in [5.74, 6) is 4.45. The van der Waals surface area contributed by atoms with Gasteiger partial charge in [0.25, 0.3) is 10.1 Å². The highest BCUT2D eigenvalue weighted by atomic mass is 32.2. The molecule has 6 N–H and O–H groups in total. The summed E-state index contributed by atoms with van der Waals surface area (Å²) in [6.07, 6.45) is 0. The van der Waals surface area contributed by atoms with Crippen LogP contribution in [0, 0.1) is 6.92 Å². The van der Waals surface area contributed by atoms with Gasteiger partial charge in [0.15, 0.2) is 0 Å².